The maximum atomic E-state index is 6.07. The fraction of sp³-hybridized carbons (Fsp3) is 0.571. The van der Waals surface area contributed by atoms with Gasteiger partial charge < -0.3 is 5.73 Å². The van der Waals surface area contributed by atoms with E-state index in [1.54, 1.807) is 5.56 Å². The molecule has 0 bridgehead atoms. The van der Waals surface area contributed by atoms with Crippen molar-refractivity contribution in [1.82, 2.24) is 0 Å². The summed E-state index contributed by atoms with van der Waals surface area (Å²) >= 11 is 0. The highest BCUT2D eigenvalue weighted by Crippen LogP contribution is 2.55. The van der Waals surface area contributed by atoms with E-state index in [9.17, 15) is 0 Å². The molecule has 2 aliphatic carbocycles. The summed E-state index contributed by atoms with van der Waals surface area (Å²) in [6.45, 7) is 0. The first-order valence-electron chi connectivity index (χ1n) is 6.14. The quantitative estimate of drug-likeness (QED) is 0.782. The van der Waals surface area contributed by atoms with E-state index >= 15 is 0 Å². The third kappa shape index (κ3) is 1.41. The van der Waals surface area contributed by atoms with Crippen LogP contribution in [0.5, 0.6) is 0 Å². The zero-order chi connectivity index (χ0) is 10.3. The Bertz CT molecular complexity index is 338. The van der Waals surface area contributed by atoms with Crippen LogP contribution < -0.4 is 5.73 Å². The summed E-state index contributed by atoms with van der Waals surface area (Å²) in [4.78, 5) is 0. The van der Waals surface area contributed by atoms with Crippen molar-refractivity contribution in [2.45, 2.75) is 43.6 Å². The molecule has 0 amide bonds. The van der Waals surface area contributed by atoms with Gasteiger partial charge in [-0.1, -0.05) is 43.2 Å². The molecule has 1 aromatic carbocycles. The van der Waals surface area contributed by atoms with Gasteiger partial charge in [0, 0.05) is 6.04 Å². The Morgan fingerprint density at radius 2 is 1.67 bits per heavy atom. The normalized spacial score (nSPS) is 32.9. The second-order valence-corrected chi connectivity index (χ2v) is 5.24. The van der Waals surface area contributed by atoms with Crippen molar-refractivity contribution in [3.8, 4) is 0 Å². The lowest BCUT2D eigenvalue weighted by molar-refractivity contribution is 0.373. The van der Waals surface area contributed by atoms with Gasteiger partial charge in [0.05, 0.1) is 0 Å². The lowest BCUT2D eigenvalue weighted by atomic mass is 9.74. The van der Waals surface area contributed by atoms with Crippen LogP contribution >= 0.6 is 0 Å². The Balaban J connectivity index is 1.97. The lowest BCUT2D eigenvalue weighted by Gasteiger charge is -2.30. The van der Waals surface area contributed by atoms with E-state index in [4.69, 9.17) is 5.73 Å². The van der Waals surface area contributed by atoms with Crippen molar-refractivity contribution in [3.05, 3.63) is 35.9 Å². The highest BCUT2D eigenvalue weighted by atomic mass is 14.8. The molecule has 0 unspecified atom stereocenters. The molecule has 0 saturated heterocycles. The van der Waals surface area contributed by atoms with Gasteiger partial charge in [-0.25, -0.2) is 0 Å². The first-order valence-corrected chi connectivity index (χ1v) is 6.14. The summed E-state index contributed by atoms with van der Waals surface area (Å²) in [5.41, 5.74) is 8.06. The van der Waals surface area contributed by atoms with Gasteiger partial charge in [-0.3, -0.25) is 0 Å². The van der Waals surface area contributed by atoms with Gasteiger partial charge in [-0.2, -0.15) is 0 Å². The fourth-order valence-corrected chi connectivity index (χ4v) is 3.50. The minimum Gasteiger partial charge on any atom is -0.327 e. The number of hydrogen-bond donors (Lipinski definition) is 1. The smallest absolute Gasteiger partial charge is 0.00798 e. The lowest BCUT2D eigenvalue weighted by Crippen LogP contribution is -2.28. The summed E-state index contributed by atoms with van der Waals surface area (Å²) in [5, 5.41) is 0. The van der Waals surface area contributed by atoms with Gasteiger partial charge in [-0.15, -0.1) is 0 Å². The summed E-state index contributed by atoms with van der Waals surface area (Å²) < 4.78 is 0. The average molecular weight is 201 g/mol. The summed E-state index contributed by atoms with van der Waals surface area (Å²) in [7, 11) is 0. The second kappa shape index (κ2) is 3.34. The Kier molecular flexibility index (Phi) is 2.10. The highest BCUT2D eigenvalue weighted by molar-refractivity contribution is 5.31. The van der Waals surface area contributed by atoms with Crippen LogP contribution in [0.2, 0.25) is 0 Å². The predicted octanol–water partition coefficient (Wildman–Crippen LogP) is 2.85. The van der Waals surface area contributed by atoms with Crippen molar-refractivity contribution in [2.24, 2.45) is 11.7 Å². The minimum absolute atomic E-state index is 0.445. The van der Waals surface area contributed by atoms with Crippen molar-refractivity contribution in [1.29, 1.82) is 0 Å². The standard InChI is InChI=1S/C14H19N/c15-13-10-12(13)14(8-4-5-9-14)11-6-2-1-3-7-11/h1-3,6-7,12-13H,4-5,8-10,15H2/t12-,13-/m1/s1. The Morgan fingerprint density at radius 1 is 1.07 bits per heavy atom. The fourth-order valence-electron chi connectivity index (χ4n) is 3.50. The number of rotatable bonds is 2. The van der Waals surface area contributed by atoms with E-state index in [1.165, 1.54) is 32.1 Å². The van der Waals surface area contributed by atoms with E-state index in [0.717, 1.165) is 5.92 Å². The Labute approximate surface area is 91.7 Å². The maximum Gasteiger partial charge on any atom is 0.00798 e. The predicted molar refractivity (Wildman–Crippen MR) is 62.7 cm³/mol. The van der Waals surface area contributed by atoms with Gasteiger partial charge >= 0.3 is 0 Å². The molecule has 3 rings (SSSR count). The third-order valence-electron chi connectivity index (χ3n) is 4.39. The molecule has 0 radical (unpaired) electrons. The molecule has 2 aliphatic rings. The van der Waals surface area contributed by atoms with Crippen LogP contribution in [0.25, 0.3) is 0 Å². The molecule has 2 fully saturated rings. The van der Waals surface area contributed by atoms with Crippen LogP contribution in [0.4, 0.5) is 0 Å². The van der Waals surface area contributed by atoms with Crippen molar-refractivity contribution < 1.29 is 0 Å². The molecule has 2 N–H and O–H groups in total. The maximum absolute atomic E-state index is 6.07. The van der Waals surface area contributed by atoms with Crippen LogP contribution in [-0.2, 0) is 5.41 Å². The van der Waals surface area contributed by atoms with Crippen LogP contribution in [-0.4, -0.2) is 6.04 Å². The topological polar surface area (TPSA) is 26.0 Å². The summed E-state index contributed by atoms with van der Waals surface area (Å²) in [6, 6.07) is 11.5. The Morgan fingerprint density at radius 3 is 2.20 bits per heavy atom. The van der Waals surface area contributed by atoms with E-state index < -0.39 is 0 Å². The largest absolute Gasteiger partial charge is 0.327 e. The molecule has 0 aromatic heterocycles. The van der Waals surface area contributed by atoms with Crippen molar-refractivity contribution in [3.63, 3.8) is 0 Å². The molecule has 1 heteroatoms. The zero-order valence-electron chi connectivity index (χ0n) is 9.15. The van der Waals surface area contributed by atoms with E-state index in [1.807, 2.05) is 0 Å². The monoisotopic (exact) mass is 201 g/mol. The highest BCUT2D eigenvalue weighted by Gasteiger charge is 2.52. The van der Waals surface area contributed by atoms with Crippen LogP contribution in [0.1, 0.15) is 37.7 Å². The molecule has 2 atom stereocenters. The average Bonchev–Trinajstić information content (AvgIpc) is 2.84. The van der Waals surface area contributed by atoms with Gasteiger partial charge in [0.2, 0.25) is 0 Å². The minimum atomic E-state index is 0.445. The first kappa shape index (κ1) is 9.41. The van der Waals surface area contributed by atoms with Crippen molar-refractivity contribution in [2.75, 3.05) is 0 Å². The van der Waals surface area contributed by atoms with Gasteiger partial charge in [0.25, 0.3) is 0 Å². The van der Waals surface area contributed by atoms with Gasteiger partial charge in [-0.05, 0) is 36.2 Å². The third-order valence-corrected chi connectivity index (χ3v) is 4.39. The molecule has 15 heavy (non-hydrogen) atoms. The number of benzene rings is 1. The molecule has 0 aliphatic heterocycles. The Hall–Kier alpha value is -0.820. The zero-order valence-corrected chi connectivity index (χ0v) is 9.15. The molecule has 2 saturated carbocycles. The van der Waals surface area contributed by atoms with Crippen LogP contribution in [0.3, 0.4) is 0 Å². The number of hydrogen-bond acceptors (Lipinski definition) is 1. The molecule has 1 aromatic rings. The number of nitrogens with two attached hydrogens (primary N) is 1. The summed E-state index contributed by atoms with van der Waals surface area (Å²) in [5.74, 6) is 0.766. The SMILES string of the molecule is N[C@@H]1C[C@H]1C1(c2ccccc2)CCCC1. The molecular weight excluding hydrogens is 182 g/mol. The van der Waals surface area contributed by atoms with E-state index in [0.29, 0.717) is 11.5 Å². The van der Waals surface area contributed by atoms with Gasteiger partial charge in [0.1, 0.15) is 0 Å². The second-order valence-electron chi connectivity index (χ2n) is 5.24. The van der Waals surface area contributed by atoms with Crippen molar-refractivity contribution >= 4 is 0 Å². The van der Waals surface area contributed by atoms with Crippen LogP contribution in [0, 0.1) is 5.92 Å². The summed E-state index contributed by atoms with van der Waals surface area (Å²) in [6.07, 6.45) is 6.73. The molecule has 80 valence electrons. The van der Waals surface area contributed by atoms with E-state index in [2.05, 4.69) is 30.3 Å². The van der Waals surface area contributed by atoms with E-state index in [-0.39, 0.29) is 0 Å². The molecule has 1 nitrogen and oxygen atoms in total. The van der Waals surface area contributed by atoms with Crippen LogP contribution in [0.15, 0.2) is 30.3 Å². The first-order chi connectivity index (χ1) is 7.33. The molecule has 0 spiro atoms. The molecular formula is C14H19N. The molecule has 0 heterocycles. The van der Waals surface area contributed by atoms with Gasteiger partial charge in [0.15, 0.2) is 0 Å².